The van der Waals surface area contributed by atoms with Crippen LogP contribution in [0.3, 0.4) is 0 Å². The van der Waals surface area contributed by atoms with Gasteiger partial charge in [-0.25, -0.2) is 9.78 Å². The molecule has 1 amide bonds. The zero-order chi connectivity index (χ0) is 23.2. The third-order valence-electron chi connectivity index (χ3n) is 5.08. The highest BCUT2D eigenvalue weighted by Crippen LogP contribution is 2.23. The third kappa shape index (κ3) is 5.49. The number of hydrogen-bond acceptors (Lipinski definition) is 5. The fourth-order valence-electron chi connectivity index (χ4n) is 3.33. The van der Waals surface area contributed by atoms with Crippen molar-refractivity contribution in [2.24, 2.45) is 0 Å². The molecule has 0 aliphatic rings. The quantitative estimate of drug-likeness (QED) is 0.332. The van der Waals surface area contributed by atoms with Gasteiger partial charge in [-0.1, -0.05) is 54.6 Å². The third-order valence-corrected chi connectivity index (χ3v) is 5.08. The largest absolute Gasteiger partial charge is 0.444 e. The van der Waals surface area contributed by atoms with E-state index < -0.39 is 18.0 Å². The highest BCUT2D eigenvalue weighted by molar-refractivity contribution is 5.98. The van der Waals surface area contributed by atoms with Gasteiger partial charge in [0, 0.05) is 17.3 Å². The highest BCUT2D eigenvalue weighted by Gasteiger charge is 2.24. The lowest BCUT2D eigenvalue weighted by Crippen LogP contribution is -2.25. The number of hydrogen-bond donors (Lipinski definition) is 1. The molecule has 1 atom stereocenters. The number of carbonyl (C=O) groups excluding carboxylic acids is 2. The van der Waals surface area contributed by atoms with E-state index in [2.05, 4.69) is 15.3 Å². The Labute approximate surface area is 192 Å². The van der Waals surface area contributed by atoms with Crippen LogP contribution in [-0.4, -0.2) is 21.8 Å². The number of rotatable bonds is 6. The molecule has 0 radical (unpaired) electrons. The van der Waals surface area contributed by atoms with Crippen molar-refractivity contribution in [3.05, 3.63) is 107 Å². The summed E-state index contributed by atoms with van der Waals surface area (Å²) in [6.45, 7) is 3.86. The number of amides is 1. The molecule has 0 fully saturated rings. The van der Waals surface area contributed by atoms with Gasteiger partial charge in [0.05, 0.1) is 22.9 Å². The van der Waals surface area contributed by atoms with Crippen LogP contribution in [0.25, 0.3) is 17.1 Å². The van der Waals surface area contributed by atoms with E-state index >= 15 is 0 Å². The summed E-state index contributed by atoms with van der Waals surface area (Å²) in [6, 6.07) is 22.2. The maximum Gasteiger partial charge on any atom is 0.331 e. The number of carbonyl (C=O) groups is 2. The van der Waals surface area contributed by atoms with Gasteiger partial charge in [-0.15, -0.1) is 0 Å². The van der Waals surface area contributed by atoms with Crippen LogP contribution in [0.5, 0.6) is 0 Å². The molecule has 164 valence electrons. The second kappa shape index (κ2) is 9.87. The lowest BCUT2D eigenvalue weighted by molar-refractivity contribution is -0.149. The molecule has 0 bridgehead atoms. The molecule has 3 aromatic carbocycles. The first-order valence-electron chi connectivity index (χ1n) is 10.5. The average Bonchev–Trinajstić information content (AvgIpc) is 2.84. The van der Waals surface area contributed by atoms with E-state index in [4.69, 9.17) is 4.74 Å². The Bertz CT molecular complexity index is 1330. The first kappa shape index (κ1) is 21.9. The van der Waals surface area contributed by atoms with E-state index in [-0.39, 0.29) is 0 Å². The van der Waals surface area contributed by atoms with Gasteiger partial charge in [0.1, 0.15) is 0 Å². The van der Waals surface area contributed by atoms with Gasteiger partial charge in [-0.05, 0) is 49.2 Å². The van der Waals surface area contributed by atoms with E-state index in [1.807, 2.05) is 62.4 Å². The van der Waals surface area contributed by atoms with Gasteiger partial charge in [0.2, 0.25) is 6.10 Å². The second-order valence-corrected chi connectivity index (χ2v) is 7.65. The molecule has 0 saturated carbocycles. The lowest BCUT2D eigenvalue weighted by Gasteiger charge is -2.18. The Morgan fingerprint density at radius 3 is 2.45 bits per heavy atom. The predicted molar refractivity (Wildman–Crippen MR) is 128 cm³/mol. The summed E-state index contributed by atoms with van der Waals surface area (Å²) in [5.74, 6) is -1.09. The lowest BCUT2D eigenvalue weighted by atomic mass is 10.1. The van der Waals surface area contributed by atoms with Crippen molar-refractivity contribution >= 4 is 34.7 Å². The molecule has 1 heterocycles. The van der Waals surface area contributed by atoms with Gasteiger partial charge in [-0.3, -0.25) is 9.78 Å². The van der Waals surface area contributed by atoms with Gasteiger partial charge < -0.3 is 10.1 Å². The molecule has 6 heteroatoms. The number of aromatic nitrogens is 2. The van der Waals surface area contributed by atoms with Crippen molar-refractivity contribution in [3.8, 4) is 0 Å². The topological polar surface area (TPSA) is 81.2 Å². The maximum atomic E-state index is 13.1. The van der Waals surface area contributed by atoms with E-state index in [0.29, 0.717) is 16.9 Å². The zero-order valence-corrected chi connectivity index (χ0v) is 18.4. The van der Waals surface area contributed by atoms with Crippen molar-refractivity contribution in [1.29, 1.82) is 0 Å². The monoisotopic (exact) mass is 437 g/mol. The molecule has 4 rings (SSSR count). The Kier molecular flexibility index (Phi) is 6.55. The summed E-state index contributed by atoms with van der Waals surface area (Å²) in [4.78, 5) is 34.5. The number of nitrogens with zero attached hydrogens (tertiary/aromatic N) is 2. The minimum atomic E-state index is -1.11. The number of anilines is 1. The molecule has 4 aromatic rings. The van der Waals surface area contributed by atoms with Crippen LogP contribution < -0.4 is 5.32 Å². The van der Waals surface area contributed by atoms with Crippen molar-refractivity contribution in [2.75, 3.05) is 5.32 Å². The Morgan fingerprint density at radius 1 is 0.939 bits per heavy atom. The normalized spacial score (nSPS) is 11.9. The minimum absolute atomic E-state index is 0.429. The number of fused-ring (bicyclic) bond motifs is 1. The molecule has 1 N–H and O–H groups in total. The fourth-order valence-corrected chi connectivity index (χ4v) is 3.33. The standard InChI is InChI=1S/C27H23N3O3/c1-18-12-13-19(2)24(16-18)30-27(32)26(20-8-4-3-5-9-20)33-25(31)15-14-21-17-28-22-10-6-7-11-23(22)29-21/h3-17,26H,1-2H3,(H,30,32)/b15-14+. The summed E-state index contributed by atoms with van der Waals surface area (Å²) in [7, 11) is 0. The molecular weight excluding hydrogens is 414 g/mol. The van der Waals surface area contributed by atoms with Crippen molar-refractivity contribution in [3.63, 3.8) is 0 Å². The molecule has 0 aliphatic carbocycles. The van der Waals surface area contributed by atoms with Crippen molar-refractivity contribution in [2.45, 2.75) is 20.0 Å². The van der Waals surface area contributed by atoms with E-state index in [1.165, 1.54) is 12.2 Å². The Hall–Kier alpha value is -4.32. The molecule has 6 nitrogen and oxygen atoms in total. The number of benzene rings is 3. The number of aryl methyl sites for hydroxylation is 2. The summed E-state index contributed by atoms with van der Waals surface area (Å²) < 4.78 is 5.56. The van der Waals surface area contributed by atoms with E-state index in [9.17, 15) is 9.59 Å². The Morgan fingerprint density at radius 2 is 1.67 bits per heavy atom. The SMILES string of the molecule is Cc1ccc(C)c(NC(=O)C(OC(=O)/C=C/c2cnc3ccccc3n2)c2ccccc2)c1. The van der Waals surface area contributed by atoms with E-state index in [0.717, 1.165) is 22.2 Å². The average molecular weight is 437 g/mol. The van der Waals surface area contributed by atoms with E-state index in [1.54, 1.807) is 30.5 Å². The molecule has 1 unspecified atom stereocenters. The molecule has 0 spiro atoms. The van der Waals surface area contributed by atoms with Crippen LogP contribution in [0.1, 0.15) is 28.5 Å². The van der Waals surface area contributed by atoms with Crippen LogP contribution >= 0.6 is 0 Å². The van der Waals surface area contributed by atoms with Crippen LogP contribution in [0.15, 0.2) is 85.1 Å². The van der Waals surface area contributed by atoms with Gasteiger partial charge in [0.25, 0.3) is 5.91 Å². The van der Waals surface area contributed by atoms with Crippen LogP contribution in [-0.2, 0) is 14.3 Å². The fraction of sp³-hybridized carbons (Fsp3) is 0.111. The second-order valence-electron chi connectivity index (χ2n) is 7.65. The Balaban J connectivity index is 1.53. The molecule has 0 saturated heterocycles. The summed E-state index contributed by atoms with van der Waals surface area (Å²) >= 11 is 0. The number of ether oxygens (including phenoxy) is 1. The van der Waals surface area contributed by atoms with Gasteiger partial charge in [0.15, 0.2) is 0 Å². The predicted octanol–water partition coefficient (Wildman–Crippen LogP) is 5.18. The van der Waals surface area contributed by atoms with Crippen molar-refractivity contribution < 1.29 is 14.3 Å². The summed E-state index contributed by atoms with van der Waals surface area (Å²) in [5.41, 5.74) is 5.20. The minimum Gasteiger partial charge on any atom is -0.444 e. The number of esters is 1. The summed E-state index contributed by atoms with van der Waals surface area (Å²) in [6.07, 6.45) is 3.24. The van der Waals surface area contributed by atoms with Crippen LogP contribution in [0, 0.1) is 13.8 Å². The van der Waals surface area contributed by atoms with Crippen LogP contribution in [0.2, 0.25) is 0 Å². The van der Waals surface area contributed by atoms with Crippen LogP contribution in [0.4, 0.5) is 5.69 Å². The molecular formula is C27H23N3O3. The highest BCUT2D eigenvalue weighted by atomic mass is 16.5. The molecule has 1 aromatic heterocycles. The number of para-hydroxylation sites is 2. The van der Waals surface area contributed by atoms with Gasteiger partial charge >= 0.3 is 5.97 Å². The zero-order valence-electron chi connectivity index (χ0n) is 18.4. The maximum absolute atomic E-state index is 13.1. The first-order chi connectivity index (χ1) is 16.0. The van der Waals surface area contributed by atoms with Crippen molar-refractivity contribution in [1.82, 2.24) is 9.97 Å². The van der Waals surface area contributed by atoms with Gasteiger partial charge in [-0.2, -0.15) is 0 Å². The number of nitrogens with one attached hydrogen (secondary N) is 1. The molecule has 33 heavy (non-hydrogen) atoms. The smallest absolute Gasteiger partial charge is 0.331 e. The molecule has 0 aliphatic heterocycles. The summed E-state index contributed by atoms with van der Waals surface area (Å²) in [5, 5.41) is 2.89. The first-order valence-corrected chi connectivity index (χ1v) is 10.5.